The average Bonchev–Trinajstić information content (AvgIpc) is 3.29. The minimum atomic E-state index is -0.296. The molecule has 0 unspecified atom stereocenters. The van der Waals surface area contributed by atoms with Crippen LogP contribution < -0.4 is 5.32 Å². The highest BCUT2D eigenvalue weighted by atomic mass is 16.2. The molecule has 2 aromatic heterocycles. The Hall–Kier alpha value is -3.48. The summed E-state index contributed by atoms with van der Waals surface area (Å²) in [4.78, 5) is 21.6. The number of rotatable bonds is 4. The van der Waals surface area contributed by atoms with Gasteiger partial charge in [-0.1, -0.05) is 30.3 Å². The van der Waals surface area contributed by atoms with Crippen LogP contribution in [0.15, 0.2) is 60.8 Å². The van der Waals surface area contributed by atoms with Crippen molar-refractivity contribution in [3.8, 4) is 5.69 Å². The van der Waals surface area contributed by atoms with E-state index in [4.69, 9.17) is 0 Å². The number of carbonyl (C=O) groups excluding carboxylic acids is 1. The van der Waals surface area contributed by atoms with Gasteiger partial charge in [0.05, 0.1) is 29.0 Å². The molecule has 0 bridgehead atoms. The quantitative estimate of drug-likeness (QED) is 0.601. The molecule has 2 N–H and O–H groups in total. The van der Waals surface area contributed by atoms with Crippen molar-refractivity contribution in [3.63, 3.8) is 0 Å². The first-order chi connectivity index (χ1) is 12.2. The van der Waals surface area contributed by atoms with Crippen molar-refractivity contribution in [3.05, 3.63) is 72.3 Å². The van der Waals surface area contributed by atoms with E-state index in [1.165, 1.54) is 11.0 Å². The van der Waals surface area contributed by atoms with Gasteiger partial charge in [-0.15, -0.1) is 5.10 Å². The molecule has 4 aromatic rings. The second-order valence-corrected chi connectivity index (χ2v) is 5.69. The molecular formula is C18H16N6O. The number of H-pyrrole nitrogens is 1. The smallest absolute Gasteiger partial charge is 0.274 e. The Bertz CT molecular complexity index is 987. The molecule has 0 aliphatic carbocycles. The lowest BCUT2D eigenvalue weighted by atomic mass is 10.3. The summed E-state index contributed by atoms with van der Waals surface area (Å²) in [5, 5.41) is 11.3. The fourth-order valence-corrected chi connectivity index (χ4v) is 2.57. The fourth-order valence-electron chi connectivity index (χ4n) is 2.57. The topological polar surface area (TPSA) is 88.5 Å². The molecule has 2 aromatic carbocycles. The first-order valence-electron chi connectivity index (χ1n) is 7.94. The lowest BCUT2D eigenvalue weighted by molar-refractivity contribution is 0.0933. The molecule has 1 atom stereocenters. The largest absolute Gasteiger partial charge is 0.341 e. The summed E-state index contributed by atoms with van der Waals surface area (Å²) in [7, 11) is 0. The van der Waals surface area contributed by atoms with Gasteiger partial charge in [0.2, 0.25) is 0 Å². The molecule has 4 rings (SSSR count). The number of imidazole rings is 1. The van der Waals surface area contributed by atoms with Crippen LogP contribution in [0.25, 0.3) is 16.7 Å². The molecule has 0 saturated carbocycles. The number of aromatic amines is 1. The van der Waals surface area contributed by atoms with Crippen LogP contribution >= 0.6 is 0 Å². The Morgan fingerprint density at radius 1 is 1.12 bits per heavy atom. The Morgan fingerprint density at radius 2 is 1.88 bits per heavy atom. The van der Waals surface area contributed by atoms with Gasteiger partial charge < -0.3 is 10.3 Å². The van der Waals surface area contributed by atoms with E-state index in [1.54, 1.807) is 0 Å². The standard InChI is InChI=1S/C18H16N6O/c1-12(17-21-14-9-5-6-10-15(14)22-17)20-18(25)16-11-19-24(23-16)13-7-3-2-4-8-13/h2-12H,1H3,(H,20,25)(H,21,22)/t12-/m0/s1. The van der Waals surface area contributed by atoms with Crippen molar-refractivity contribution >= 4 is 16.9 Å². The highest BCUT2D eigenvalue weighted by Gasteiger charge is 2.17. The van der Waals surface area contributed by atoms with Crippen LogP contribution in [-0.2, 0) is 0 Å². The van der Waals surface area contributed by atoms with Gasteiger partial charge >= 0.3 is 0 Å². The second kappa shape index (κ2) is 6.20. The van der Waals surface area contributed by atoms with Crippen LogP contribution in [0.5, 0.6) is 0 Å². The minimum Gasteiger partial charge on any atom is -0.341 e. The average molecular weight is 332 g/mol. The number of amides is 1. The minimum absolute atomic E-state index is 0.256. The third-order valence-electron chi connectivity index (χ3n) is 3.88. The van der Waals surface area contributed by atoms with E-state index < -0.39 is 0 Å². The number of aromatic nitrogens is 5. The molecule has 0 aliphatic heterocycles. The van der Waals surface area contributed by atoms with E-state index in [2.05, 4.69) is 25.5 Å². The number of nitrogens with one attached hydrogen (secondary N) is 2. The molecule has 0 spiro atoms. The summed E-state index contributed by atoms with van der Waals surface area (Å²) in [6, 6.07) is 16.9. The first-order valence-corrected chi connectivity index (χ1v) is 7.94. The number of nitrogens with zero attached hydrogens (tertiary/aromatic N) is 4. The van der Waals surface area contributed by atoms with Crippen LogP contribution in [0.2, 0.25) is 0 Å². The number of benzene rings is 2. The molecule has 0 fully saturated rings. The van der Waals surface area contributed by atoms with Gasteiger partial charge in [0.1, 0.15) is 5.82 Å². The summed E-state index contributed by atoms with van der Waals surface area (Å²) < 4.78 is 0. The van der Waals surface area contributed by atoms with Crippen LogP contribution in [0.4, 0.5) is 0 Å². The van der Waals surface area contributed by atoms with Crippen LogP contribution in [-0.4, -0.2) is 30.9 Å². The summed E-state index contributed by atoms with van der Waals surface area (Å²) in [5.74, 6) is 0.403. The van der Waals surface area contributed by atoms with E-state index >= 15 is 0 Å². The zero-order valence-corrected chi connectivity index (χ0v) is 13.5. The molecule has 0 saturated heterocycles. The maximum atomic E-state index is 12.4. The summed E-state index contributed by atoms with van der Waals surface area (Å²) in [5.41, 5.74) is 2.86. The van der Waals surface area contributed by atoms with Gasteiger partial charge in [-0.25, -0.2) is 4.98 Å². The number of carbonyl (C=O) groups is 1. The van der Waals surface area contributed by atoms with Crippen molar-refractivity contribution in [2.45, 2.75) is 13.0 Å². The molecule has 0 radical (unpaired) electrons. The molecule has 124 valence electrons. The summed E-state index contributed by atoms with van der Waals surface area (Å²) in [6.07, 6.45) is 1.45. The van der Waals surface area contributed by atoms with Crippen LogP contribution in [0, 0.1) is 0 Å². The molecule has 7 nitrogen and oxygen atoms in total. The van der Waals surface area contributed by atoms with Gasteiger partial charge in [-0.3, -0.25) is 4.79 Å². The first kappa shape index (κ1) is 15.1. The summed E-state index contributed by atoms with van der Waals surface area (Å²) >= 11 is 0. The van der Waals surface area contributed by atoms with E-state index in [0.717, 1.165) is 16.7 Å². The normalized spacial score (nSPS) is 12.2. The molecule has 0 aliphatic rings. The van der Waals surface area contributed by atoms with E-state index in [1.807, 2.05) is 61.5 Å². The highest BCUT2D eigenvalue weighted by molar-refractivity contribution is 5.92. The zero-order valence-electron chi connectivity index (χ0n) is 13.5. The van der Waals surface area contributed by atoms with E-state index in [-0.39, 0.29) is 17.6 Å². The van der Waals surface area contributed by atoms with Gasteiger partial charge in [0.15, 0.2) is 5.69 Å². The van der Waals surface area contributed by atoms with Crippen molar-refractivity contribution in [2.24, 2.45) is 0 Å². The maximum absolute atomic E-state index is 12.4. The number of hydrogen-bond donors (Lipinski definition) is 2. The highest BCUT2D eigenvalue weighted by Crippen LogP contribution is 2.15. The third-order valence-corrected chi connectivity index (χ3v) is 3.88. The Kier molecular flexibility index (Phi) is 3.74. The van der Waals surface area contributed by atoms with Crippen LogP contribution in [0.3, 0.4) is 0 Å². The lowest BCUT2D eigenvalue weighted by Crippen LogP contribution is -2.27. The number of para-hydroxylation sites is 3. The molecule has 1 amide bonds. The Balaban J connectivity index is 1.51. The number of fused-ring (bicyclic) bond motifs is 1. The predicted molar refractivity (Wildman–Crippen MR) is 93.3 cm³/mol. The SMILES string of the molecule is C[C@H](NC(=O)c1cnn(-c2ccccc2)n1)c1nc2ccccc2[nH]1. The molecule has 7 heteroatoms. The van der Waals surface area contributed by atoms with Crippen molar-refractivity contribution in [1.29, 1.82) is 0 Å². The lowest BCUT2D eigenvalue weighted by Gasteiger charge is -2.09. The second-order valence-electron chi connectivity index (χ2n) is 5.69. The molecule has 25 heavy (non-hydrogen) atoms. The third kappa shape index (κ3) is 2.99. The van der Waals surface area contributed by atoms with Crippen LogP contribution in [0.1, 0.15) is 29.3 Å². The van der Waals surface area contributed by atoms with Crippen molar-refractivity contribution in [2.75, 3.05) is 0 Å². The predicted octanol–water partition coefficient (Wildman–Crippen LogP) is 2.63. The zero-order chi connectivity index (χ0) is 17.2. The van der Waals surface area contributed by atoms with Gasteiger partial charge in [-0.05, 0) is 31.2 Å². The summed E-state index contributed by atoms with van der Waals surface area (Å²) in [6.45, 7) is 1.87. The Morgan fingerprint density at radius 3 is 2.68 bits per heavy atom. The van der Waals surface area contributed by atoms with Crippen molar-refractivity contribution < 1.29 is 4.79 Å². The molecular weight excluding hydrogens is 316 g/mol. The maximum Gasteiger partial charge on any atom is 0.274 e. The van der Waals surface area contributed by atoms with E-state index in [0.29, 0.717) is 5.82 Å². The van der Waals surface area contributed by atoms with E-state index in [9.17, 15) is 4.79 Å². The monoisotopic (exact) mass is 332 g/mol. The number of hydrogen-bond acceptors (Lipinski definition) is 4. The van der Waals surface area contributed by atoms with Gasteiger partial charge in [-0.2, -0.15) is 9.90 Å². The Labute approximate surface area is 143 Å². The fraction of sp³-hybridized carbons (Fsp3) is 0.111. The van der Waals surface area contributed by atoms with Gasteiger partial charge in [0.25, 0.3) is 5.91 Å². The van der Waals surface area contributed by atoms with Gasteiger partial charge in [0, 0.05) is 0 Å². The molecule has 2 heterocycles. The van der Waals surface area contributed by atoms with Crippen molar-refractivity contribution in [1.82, 2.24) is 30.3 Å².